The van der Waals surface area contributed by atoms with Crippen LogP contribution in [0, 0.1) is 6.92 Å². The lowest BCUT2D eigenvalue weighted by molar-refractivity contribution is 1.18. The van der Waals surface area contributed by atoms with E-state index in [0.717, 1.165) is 0 Å². The third-order valence-corrected chi connectivity index (χ3v) is 9.91. The van der Waals surface area contributed by atoms with E-state index in [1.807, 2.05) is 0 Å². The Morgan fingerprint density at radius 1 is 0.340 bits per heavy atom. The predicted octanol–water partition coefficient (Wildman–Crippen LogP) is 12.2. The molecule has 0 bridgehead atoms. The van der Waals surface area contributed by atoms with Crippen molar-refractivity contribution in [2.45, 2.75) is 6.92 Å². The summed E-state index contributed by atoms with van der Waals surface area (Å²) >= 11 is 0. The van der Waals surface area contributed by atoms with Crippen LogP contribution in [0.2, 0.25) is 0 Å². The highest BCUT2D eigenvalue weighted by molar-refractivity contribution is 6.22. The van der Waals surface area contributed by atoms with Crippen LogP contribution in [0.5, 0.6) is 0 Å². The lowest BCUT2D eigenvalue weighted by Gasteiger charge is -2.10. The van der Waals surface area contributed by atoms with Crippen molar-refractivity contribution in [3.63, 3.8) is 0 Å². The second kappa shape index (κ2) is 9.94. The molecule has 0 saturated carbocycles. The van der Waals surface area contributed by atoms with Gasteiger partial charge in [0.25, 0.3) is 0 Å². The quantitative estimate of drug-likeness (QED) is 0.191. The minimum Gasteiger partial charge on any atom is -0.309 e. The molecule has 47 heavy (non-hydrogen) atoms. The monoisotopic (exact) mass is 598 g/mol. The molecule has 0 N–H and O–H groups in total. The number of aromatic nitrogens is 2. The van der Waals surface area contributed by atoms with E-state index in [1.54, 1.807) is 0 Å². The van der Waals surface area contributed by atoms with Crippen LogP contribution in [0.1, 0.15) is 5.56 Å². The summed E-state index contributed by atoms with van der Waals surface area (Å²) in [5.74, 6) is 0. The molecule has 0 unspecified atom stereocenters. The number of rotatable bonds is 3. The van der Waals surface area contributed by atoms with E-state index in [0.29, 0.717) is 0 Å². The number of aryl methyl sites for hydroxylation is 1. The molecule has 0 aliphatic carbocycles. The van der Waals surface area contributed by atoms with Gasteiger partial charge < -0.3 is 9.13 Å². The zero-order valence-corrected chi connectivity index (χ0v) is 26.0. The zero-order chi connectivity index (χ0) is 31.1. The van der Waals surface area contributed by atoms with Crippen molar-refractivity contribution < 1.29 is 0 Å². The Bertz CT molecular complexity index is 2850. The minimum atomic E-state index is 1.17. The molecule has 220 valence electrons. The van der Waals surface area contributed by atoms with E-state index in [-0.39, 0.29) is 0 Å². The van der Waals surface area contributed by atoms with Gasteiger partial charge in [0.15, 0.2) is 0 Å². The molecule has 0 aliphatic heterocycles. The van der Waals surface area contributed by atoms with Gasteiger partial charge in [0, 0.05) is 32.9 Å². The van der Waals surface area contributed by atoms with E-state index < -0.39 is 0 Å². The SMILES string of the molecule is Cc1ccc2cc(-n3c4ccccc4c4cc(-c5ccc6c(c5)c5c7ccccc7ccc5n6-c5ccccc5)ccc43)ccc2c1. The molecule has 0 atom stereocenters. The fraction of sp³-hybridized carbons (Fsp3) is 0.0222. The van der Waals surface area contributed by atoms with Crippen molar-refractivity contribution >= 4 is 65.2 Å². The molecular weight excluding hydrogens is 569 g/mol. The predicted molar refractivity (Wildman–Crippen MR) is 200 cm³/mol. The second-order valence-electron chi connectivity index (χ2n) is 12.7. The molecule has 10 rings (SSSR count). The maximum Gasteiger partial charge on any atom is 0.0547 e. The van der Waals surface area contributed by atoms with Gasteiger partial charge >= 0.3 is 0 Å². The highest BCUT2D eigenvalue weighted by Crippen LogP contribution is 2.40. The van der Waals surface area contributed by atoms with Crippen LogP contribution in [-0.2, 0) is 0 Å². The Balaban J connectivity index is 1.21. The van der Waals surface area contributed by atoms with Crippen molar-refractivity contribution in [2.75, 3.05) is 0 Å². The first-order chi connectivity index (χ1) is 23.2. The summed E-state index contributed by atoms with van der Waals surface area (Å²) in [6, 6.07) is 60.2. The Morgan fingerprint density at radius 3 is 1.79 bits per heavy atom. The highest BCUT2D eigenvalue weighted by Gasteiger charge is 2.17. The number of hydrogen-bond acceptors (Lipinski definition) is 0. The fourth-order valence-electron chi connectivity index (χ4n) is 7.75. The van der Waals surface area contributed by atoms with Gasteiger partial charge in [-0.25, -0.2) is 0 Å². The Labute approximate surface area is 272 Å². The summed E-state index contributed by atoms with van der Waals surface area (Å²) in [5, 5.41) is 10.2. The molecule has 0 fully saturated rings. The maximum absolute atomic E-state index is 2.41. The zero-order valence-electron chi connectivity index (χ0n) is 26.0. The van der Waals surface area contributed by atoms with Crippen LogP contribution in [0.25, 0.3) is 87.7 Å². The summed E-state index contributed by atoms with van der Waals surface area (Å²) < 4.78 is 4.82. The molecule has 2 heteroatoms. The lowest BCUT2D eigenvalue weighted by Crippen LogP contribution is -1.94. The summed E-state index contributed by atoms with van der Waals surface area (Å²) in [6.07, 6.45) is 0. The first kappa shape index (κ1) is 26.1. The molecule has 2 aromatic heterocycles. The summed E-state index contributed by atoms with van der Waals surface area (Å²) in [6.45, 7) is 2.15. The average molecular weight is 599 g/mol. The van der Waals surface area contributed by atoms with Crippen LogP contribution in [-0.4, -0.2) is 9.13 Å². The number of para-hydroxylation sites is 2. The fourth-order valence-corrected chi connectivity index (χ4v) is 7.75. The summed E-state index contributed by atoms with van der Waals surface area (Å²) in [5.41, 5.74) is 11.0. The van der Waals surface area contributed by atoms with Gasteiger partial charge in [-0.3, -0.25) is 0 Å². The average Bonchev–Trinajstić information content (AvgIpc) is 3.64. The maximum atomic E-state index is 2.41. The third-order valence-electron chi connectivity index (χ3n) is 9.91. The van der Waals surface area contributed by atoms with Crippen LogP contribution >= 0.6 is 0 Å². The Kier molecular flexibility index (Phi) is 5.53. The number of benzene rings is 8. The van der Waals surface area contributed by atoms with E-state index in [4.69, 9.17) is 0 Å². The summed E-state index contributed by atoms with van der Waals surface area (Å²) in [4.78, 5) is 0. The van der Waals surface area contributed by atoms with Crippen molar-refractivity contribution in [3.05, 3.63) is 169 Å². The van der Waals surface area contributed by atoms with Crippen molar-refractivity contribution in [2.24, 2.45) is 0 Å². The first-order valence-electron chi connectivity index (χ1n) is 16.3. The molecule has 0 radical (unpaired) electrons. The van der Waals surface area contributed by atoms with Gasteiger partial charge in [0.2, 0.25) is 0 Å². The Morgan fingerprint density at radius 2 is 0.936 bits per heavy atom. The number of hydrogen-bond donors (Lipinski definition) is 0. The largest absolute Gasteiger partial charge is 0.309 e. The minimum absolute atomic E-state index is 1.17. The van der Waals surface area contributed by atoms with Crippen molar-refractivity contribution in [1.82, 2.24) is 9.13 Å². The Hall–Kier alpha value is -6.12. The molecule has 0 aliphatic rings. The lowest BCUT2D eigenvalue weighted by atomic mass is 9.99. The molecule has 10 aromatic rings. The van der Waals surface area contributed by atoms with E-state index in [1.165, 1.54) is 93.2 Å². The van der Waals surface area contributed by atoms with E-state index in [9.17, 15) is 0 Å². The van der Waals surface area contributed by atoms with Gasteiger partial charge in [-0.05, 0) is 100 Å². The molecular formula is C45H30N2. The number of nitrogens with zero attached hydrogens (tertiary/aromatic N) is 2. The van der Waals surface area contributed by atoms with Gasteiger partial charge in [-0.15, -0.1) is 0 Å². The van der Waals surface area contributed by atoms with Crippen LogP contribution in [0.3, 0.4) is 0 Å². The topological polar surface area (TPSA) is 9.86 Å². The van der Waals surface area contributed by atoms with Gasteiger partial charge in [-0.2, -0.15) is 0 Å². The smallest absolute Gasteiger partial charge is 0.0547 e. The van der Waals surface area contributed by atoms with Gasteiger partial charge in [0.1, 0.15) is 0 Å². The molecule has 8 aromatic carbocycles. The third kappa shape index (κ3) is 3.92. The molecule has 0 spiro atoms. The second-order valence-corrected chi connectivity index (χ2v) is 12.7. The normalized spacial score (nSPS) is 11.9. The summed E-state index contributed by atoms with van der Waals surface area (Å²) in [7, 11) is 0. The van der Waals surface area contributed by atoms with Crippen LogP contribution < -0.4 is 0 Å². The van der Waals surface area contributed by atoms with Crippen LogP contribution in [0.4, 0.5) is 0 Å². The van der Waals surface area contributed by atoms with Crippen molar-refractivity contribution in [1.29, 1.82) is 0 Å². The van der Waals surface area contributed by atoms with E-state index in [2.05, 4.69) is 180 Å². The van der Waals surface area contributed by atoms with E-state index >= 15 is 0 Å². The molecule has 2 heterocycles. The molecule has 2 nitrogen and oxygen atoms in total. The molecule has 0 saturated heterocycles. The van der Waals surface area contributed by atoms with Gasteiger partial charge in [0.05, 0.1) is 22.1 Å². The molecule has 0 amide bonds. The van der Waals surface area contributed by atoms with Crippen LogP contribution in [0.15, 0.2) is 164 Å². The number of fused-ring (bicyclic) bond motifs is 9. The standard InChI is InChI=1S/C45H30N2/c1-29-15-16-32-26-36(21-17-31(32)25-29)47-41-14-8-7-13-38(41)39-27-33(19-22-42(39)47)34-20-23-43-40(28-34)45-37-12-6-5-9-30(37)18-24-44(45)46(43)35-10-3-2-4-11-35/h2-28H,1H3. The first-order valence-corrected chi connectivity index (χ1v) is 16.3. The van der Waals surface area contributed by atoms with Crippen molar-refractivity contribution in [3.8, 4) is 22.5 Å². The highest BCUT2D eigenvalue weighted by atomic mass is 15.0. The van der Waals surface area contributed by atoms with Gasteiger partial charge in [-0.1, -0.05) is 109 Å².